The predicted octanol–water partition coefficient (Wildman–Crippen LogP) is 2.87. The van der Waals surface area contributed by atoms with E-state index in [0.717, 1.165) is 18.0 Å². The lowest BCUT2D eigenvalue weighted by atomic mass is 10.0. The molecular weight excluding hydrogens is 226 g/mol. The number of hydrogen-bond donors (Lipinski definition) is 0. The fourth-order valence-corrected chi connectivity index (χ4v) is 2.51. The normalized spacial score (nSPS) is 17.3. The number of benzene rings is 1. The molecule has 0 amide bonds. The van der Waals surface area contributed by atoms with E-state index < -0.39 is 0 Å². The third-order valence-electron chi connectivity index (χ3n) is 3.41. The zero-order valence-corrected chi connectivity index (χ0v) is 10.3. The number of carbonyl (C=O) groups is 1. The van der Waals surface area contributed by atoms with Crippen LogP contribution in [0.25, 0.3) is 0 Å². The van der Waals surface area contributed by atoms with Crippen molar-refractivity contribution in [3.63, 3.8) is 0 Å². The highest BCUT2D eigenvalue weighted by molar-refractivity contribution is 5.92. The number of carbonyl (C=O) groups excluding carboxylic acids is 1. The molecule has 1 aromatic heterocycles. The first-order chi connectivity index (χ1) is 8.75. The van der Waals surface area contributed by atoms with Crippen LogP contribution in [0, 0.1) is 0 Å². The molecule has 1 aliphatic heterocycles. The van der Waals surface area contributed by atoms with Crippen LogP contribution in [-0.4, -0.2) is 17.0 Å². The van der Waals surface area contributed by atoms with Crippen LogP contribution in [0.3, 0.4) is 0 Å². The van der Waals surface area contributed by atoms with Crippen LogP contribution < -0.4 is 4.74 Å². The van der Waals surface area contributed by atoms with Gasteiger partial charge in [0, 0.05) is 31.1 Å². The Balaban J connectivity index is 1.86. The largest absolute Gasteiger partial charge is 0.493 e. The number of rotatable bonds is 3. The van der Waals surface area contributed by atoms with Gasteiger partial charge in [0.05, 0.1) is 12.3 Å². The molecule has 0 N–H and O–H groups in total. The van der Waals surface area contributed by atoms with Crippen molar-refractivity contribution in [3.05, 3.63) is 53.9 Å². The Hall–Kier alpha value is -2.03. The fraction of sp³-hybridized carbons (Fsp3) is 0.267. The predicted molar refractivity (Wildman–Crippen MR) is 69.1 cm³/mol. The first-order valence-corrected chi connectivity index (χ1v) is 6.13. The van der Waals surface area contributed by atoms with Crippen LogP contribution in [0.2, 0.25) is 0 Å². The number of ether oxygens (including phenoxy) is 1. The highest BCUT2D eigenvalue weighted by atomic mass is 16.5. The molecular formula is C15H15NO2. The maximum Gasteiger partial charge on any atom is 0.176 e. The van der Waals surface area contributed by atoms with E-state index in [2.05, 4.69) is 6.07 Å². The first-order valence-electron chi connectivity index (χ1n) is 6.13. The van der Waals surface area contributed by atoms with E-state index in [4.69, 9.17) is 4.74 Å². The topological polar surface area (TPSA) is 31.2 Å². The van der Waals surface area contributed by atoms with Gasteiger partial charge in [-0.25, -0.2) is 0 Å². The van der Waals surface area contributed by atoms with E-state index in [1.807, 2.05) is 41.1 Å². The second kappa shape index (κ2) is 4.33. The molecule has 3 nitrogen and oxygen atoms in total. The Labute approximate surface area is 106 Å². The van der Waals surface area contributed by atoms with Crippen LogP contribution in [0.5, 0.6) is 5.75 Å². The van der Waals surface area contributed by atoms with Crippen molar-refractivity contribution in [1.82, 2.24) is 4.57 Å². The van der Waals surface area contributed by atoms with Crippen LogP contribution in [0.15, 0.2) is 42.6 Å². The third-order valence-corrected chi connectivity index (χ3v) is 3.41. The smallest absolute Gasteiger partial charge is 0.176 e. The molecule has 1 aliphatic rings. The number of para-hydroxylation sites is 1. The summed E-state index contributed by atoms with van der Waals surface area (Å²) in [5, 5.41) is 0. The highest BCUT2D eigenvalue weighted by Crippen LogP contribution is 2.34. The van der Waals surface area contributed by atoms with Gasteiger partial charge in [-0.15, -0.1) is 0 Å². The molecule has 0 aliphatic carbocycles. The van der Waals surface area contributed by atoms with Crippen molar-refractivity contribution in [2.24, 2.45) is 0 Å². The molecule has 1 unspecified atom stereocenters. The van der Waals surface area contributed by atoms with Gasteiger partial charge in [-0.3, -0.25) is 4.79 Å². The summed E-state index contributed by atoms with van der Waals surface area (Å²) in [5.74, 6) is 1.40. The van der Waals surface area contributed by atoms with Gasteiger partial charge >= 0.3 is 0 Å². The van der Waals surface area contributed by atoms with Crippen molar-refractivity contribution < 1.29 is 9.53 Å². The van der Waals surface area contributed by atoms with Gasteiger partial charge in [-0.1, -0.05) is 18.2 Å². The van der Waals surface area contributed by atoms with Gasteiger partial charge in [-0.05, 0) is 18.2 Å². The molecule has 0 fully saturated rings. The Bertz CT molecular complexity index is 586. The number of Topliss-reactive ketones (excluding diaryl/α,β-unsaturated/α-hetero) is 1. The number of fused-ring (bicyclic) bond motifs is 1. The van der Waals surface area contributed by atoms with Crippen LogP contribution in [0.1, 0.15) is 28.9 Å². The van der Waals surface area contributed by atoms with E-state index in [0.29, 0.717) is 12.5 Å². The van der Waals surface area contributed by atoms with Crippen molar-refractivity contribution in [3.8, 4) is 5.75 Å². The summed E-state index contributed by atoms with van der Waals surface area (Å²) in [4.78, 5) is 11.5. The maximum atomic E-state index is 11.5. The Morgan fingerprint density at radius 2 is 2.17 bits per heavy atom. The Morgan fingerprint density at radius 3 is 3.00 bits per heavy atom. The lowest BCUT2D eigenvalue weighted by molar-refractivity contribution is 0.100. The van der Waals surface area contributed by atoms with E-state index >= 15 is 0 Å². The van der Waals surface area contributed by atoms with E-state index in [9.17, 15) is 4.79 Å². The Morgan fingerprint density at radius 1 is 1.33 bits per heavy atom. The quantitative estimate of drug-likeness (QED) is 0.774. The fourth-order valence-electron chi connectivity index (χ4n) is 2.51. The van der Waals surface area contributed by atoms with Gasteiger partial charge in [0.15, 0.2) is 5.78 Å². The van der Waals surface area contributed by atoms with Crippen molar-refractivity contribution in [2.75, 3.05) is 6.61 Å². The van der Waals surface area contributed by atoms with Crippen molar-refractivity contribution in [2.45, 2.75) is 19.4 Å². The minimum atomic E-state index is 0.104. The SMILES string of the molecule is CC(=O)c1cccn1CC1COc2ccccc21. The summed E-state index contributed by atoms with van der Waals surface area (Å²) in [7, 11) is 0. The summed E-state index contributed by atoms with van der Waals surface area (Å²) in [6.45, 7) is 3.08. The van der Waals surface area contributed by atoms with Gasteiger partial charge in [0.1, 0.15) is 5.75 Å². The molecule has 0 saturated heterocycles. The monoisotopic (exact) mass is 241 g/mol. The van der Waals surface area contributed by atoms with Gasteiger partial charge in [0.25, 0.3) is 0 Å². The minimum Gasteiger partial charge on any atom is -0.493 e. The summed E-state index contributed by atoms with van der Waals surface area (Å²) in [6, 6.07) is 11.9. The molecule has 1 aromatic carbocycles. The van der Waals surface area contributed by atoms with E-state index in [-0.39, 0.29) is 5.78 Å². The standard InChI is InChI=1S/C15H15NO2/c1-11(17)14-6-4-8-16(14)9-12-10-18-15-7-3-2-5-13(12)15/h2-8,12H,9-10H2,1H3. The summed E-state index contributed by atoms with van der Waals surface area (Å²) < 4.78 is 7.67. The maximum absolute atomic E-state index is 11.5. The minimum absolute atomic E-state index is 0.104. The zero-order valence-electron chi connectivity index (χ0n) is 10.3. The molecule has 0 saturated carbocycles. The molecule has 2 aromatic rings. The molecule has 0 radical (unpaired) electrons. The Kier molecular flexibility index (Phi) is 2.67. The second-order valence-electron chi connectivity index (χ2n) is 4.65. The molecule has 0 bridgehead atoms. The zero-order chi connectivity index (χ0) is 12.5. The molecule has 92 valence electrons. The highest BCUT2D eigenvalue weighted by Gasteiger charge is 2.24. The molecule has 2 heterocycles. The average molecular weight is 241 g/mol. The van der Waals surface area contributed by atoms with Crippen LogP contribution in [-0.2, 0) is 6.54 Å². The van der Waals surface area contributed by atoms with Gasteiger partial charge in [0.2, 0.25) is 0 Å². The lowest BCUT2D eigenvalue weighted by Crippen LogP contribution is -2.13. The number of hydrogen-bond acceptors (Lipinski definition) is 2. The first kappa shape index (κ1) is 11.1. The molecule has 0 spiro atoms. The number of aromatic nitrogens is 1. The van der Waals surface area contributed by atoms with Crippen LogP contribution >= 0.6 is 0 Å². The molecule has 3 heteroatoms. The number of nitrogens with zero attached hydrogens (tertiary/aromatic N) is 1. The van der Waals surface area contributed by atoms with Crippen molar-refractivity contribution in [1.29, 1.82) is 0 Å². The lowest BCUT2D eigenvalue weighted by Gasteiger charge is -2.12. The summed E-state index contributed by atoms with van der Waals surface area (Å²) in [6.07, 6.45) is 1.96. The molecule has 3 rings (SSSR count). The second-order valence-corrected chi connectivity index (χ2v) is 4.65. The summed E-state index contributed by atoms with van der Waals surface area (Å²) in [5.41, 5.74) is 2.00. The van der Waals surface area contributed by atoms with E-state index in [1.165, 1.54) is 5.56 Å². The van der Waals surface area contributed by atoms with E-state index in [1.54, 1.807) is 6.92 Å². The van der Waals surface area contributed by atoms with Gasteiger partial charge < -0.3 is 9.30 Å². The molecule has 18 heavy (non-hydrogen) atoms. The average Bonchev–Trinajstić information content (AvgIpc) is 2.97. The van der Waals surface area contributed by atoms with Gasteiger partial charge in [-0.2, -0.15) is 0 Å². The molecule has 1 atom stereocenters. The third kappa shape index (κ3) is 1.82. The summed E-state index contributed by atoms with van der Waals surface area (Å²) >= 11 is 0. The number of ketones is 1. The van der Waals surface area contributed by atoms with Crippen LogP contribution in [0.4, 0.5) is 0 Å². The van der Waals surface area contributed by atoms with Crippen molar-refractivity contribution >= 4 is 5.78 Å².